The SMILES string of the molecule is COc1ccc2[nH]c3c(c2c1)CCN1C(=O)C(CC(=O)NCc2ccc(OC)c(OC)c2)C[C@H](C(=O)N2CCCCC2)[C@@]31C. The van der Waals surface area contributed by atoms with E-state index in [1.165, 1.54) is 0 Å². The van der Waals surface area contributed by atoms with Gasteiger partial charge in [0.1, 0.15) is 5.75 Å². The van der Waals surface area contributed by atoms with Gasteiger partial charge in [-0.2, -0.15) is 0 Å². The zero-order valence-electron chi connectivity index (χ0n) is 26.0. The minimum Gasteiger partial charge on any atom is -0.497 e. The second kappa shape index (κ2) is 12.1. The van der Waals surface area contributed by atoms with Crippen LogP contribution < -0.4 is 19.5 Å². The van der Waals surface area contributed by atoms with Crippen molar-refractivity contribution in [3.05, 3.63) is 53.2 Å². The summed E-state index contributed by atoms with van der Waals surface area (Å²) in [5.74, 6) is 0.687. The third-order valence-electron chi connectivity index (χ3n) is 9.91. The van der Waals surface area contributed by atoms with Gasteiger partial charge in [-0.25, -0.2) is 0 Å². The minimum absolute atomic E-state index is 0.0270. The number of carbonyl (C=O) groups is 3. The summed E-state index contributed by atoms with van der Waals surface area (Å²) in [6.45, 7) is 4.27. The lowest BCUT2D eigenvalue weighted by Crippen LogP contribution is -2.64. The molecule has 2 saturated heterocycles. The highest BCUT2D eigenvalue weighted by atomic mass is 16.5. The average Bonchev–Trinajstić information content (AvgIpc) is 3.44. The Kier molecular flexibility index (Phi) is 8.18. The lowest BCUT2D eigenvalue weighted by atomic mass is 9.67. The lowest BCUT2D eigenvalue weighted by Gasteiger charge is -2.54. The van der Waals surface area contributed by atoms with Crippen molar-refractivity contribution in [1.82, 2.24) is 20.1 Å². The fourth-order valence-electron chi connectivity index (χ4n) is 7.51. The minimum atomic E-state index is -0.849. The maximum atomic E-state index is 14.3. The van der Waals surface area contributed by atoms with E-state index in [1.54, 1.807) is 27.4 Å². The Labute approximate surface area is 258 Å². The van der Waals surface area contributed by atoms with Crippen molar-refractivity contribution in [1.29, 1.82) is 0 Å². The summed E-state index contributed by atoms with van der Waals surface area (Å²) >= 11 is 0. The maximum Gasteiger partial charge on any atom is 0.228 e. The van der Waals surface area contributed by atoms with Crippen LogP contribution in [0.3, 0.4) is 0 Å². The van der Waals surface area contributed by atoms with Gasteiger partial charge in [-0.15, -0.1) is 0 Å². The van der Waals surface area contributed by atoms with Crippen LogP contribution in [0.4, 0.5) is 0 Å². The van der Waals surface area contributed by atoms with Crippen molar-refractivity contribution in [3.8, 4) is 17.2 Å². The van der Waals surface area contributed by atoms with Crippen LogP contribution in [0, 0.1) is 11.8 Å². The Morgan fingerprint density at radius 2 is 1.75 bits per heavy atom. The third-order valence-corrected chi connectivity index (χ3v) is 9.91. The molecule has 0 radical (unpaired) electrons. The summed E-state index contributed by atoms with van der Waals surface area (Å²) in [5.41, 5.74) is 3.03. The fraction of sp³-hybridized carbons (Fsp3) is 0.500. The van der Waals surface area contributed by atoms with E-state index in [1.807, 2.05) is 47.1 Å². The van der Waals surface area contributed by atoms with E-state index in [-0.39, 0.29) is 24.1 Å². The summed E-state index contributed by atoms with van der Waals surface area (Å²) in [5, 5.41) is 4.03. The number of piperidine rings is 2. The first-order valence-electron chi connectivity index (χ1n) is 15.6. The number of methoxy groups -OCH3 is 3. The molecule has 6 rings (SSSR count). The standard InChI is InChI=1S/C34H42N4O6/c1-34-26(33(41)37-13-6-5-7-14-37)17-22(18-30(39)35-20-21-8-11-28(43-3)29(16-21)44-4)32(40)38(34)15-12-24-25-19-23(42-2)9-10-27(25)36-31(24)34/h8-11,16,19,22,26,36H,5-7,12-15,17-18,20H2,1-4H3,(H,35,39)/t22?,26-,34+/m1/s1. The molecule has 1 aromatic heterocycles. The third kappa shape index (κ3) is 5.14. The monoisotopic (exact) mass is 602 g/mol. The van der Waals surface area contributed by atoms with Crippen molar-refractivity contribution in [2.45, 2.75) is 57.5 Å². The highest BCUT2D eigenvalue weighted by Crippen LogP contribution is 2.50. The number of amides is 3. The Balaban J connectivity index is 1.28. The molecule has 0 saturated carbocycles. The van der Waals surface area contributed by atoms with Gasteiger partial charge in [0.05, 0.1) is 32.8 Å². The van der Waals surface area contributed by atoms with Gasteiger partial charge in [-0.3, -0.25) is 14.4 Å². The van der Waals surface area contributed by atoms with Crippen LogP contribution >= 0.6 is 0 Å². The quantitative estimate of drug-likeness (QED) is 0.401. The number of nitrogens with one attached hydrogen (secondary N) is 2. The summed E-state index contributed by atoms with van der Waals surface area (Å²) in [4.78, 5) is 49.2. The molecule has 3 aromatic rings. The second-order valence-electron chi connectivity index (χ2n) is 12.3. The van der Waals surface area contributed by atoms with Gasteiger partial charge in [-0.1, -0.05) is 6.07 Å². The lowest BCUT2D eigenvalue weighted by molar-refractivity contribution is -0.164. The van der Waals surface area contributed by atoms with E-state index in [0.717, 1.165) is 65.8 Å². The van der Waals surface area contributed by atoms with Crippen molar-refractivity contribution in [3.63, 3.8) is 0 Å². The van der Waals surface area contributed by atoms with Crippen molar-refractivity contribution in [2.75, 3.05) is 41.0 Å². The van der Waals surface area contributed by atoms with Crippen LogP contribution in [-0.4, -0.2) is 73.5 Å². The van der Waals surface area contributed by atoms with Gasteiger partial charge < -0.3 is 34.3 Å². The average molecular weight is 603 g/mol. The number of aromatic nitrogens is 1. The number of benzene rings is 2. The number of hydrogen-bond donors (Lipinski definition) is 2. The Bertz CT molecular complexity index is 1580. The molecule has 3 aliphatic rings. The molecule has 0 bridgehead atoms. The van der Waals surface area contributed by atoms with Crippen LogP contribution in [0.2, 0.25) is 0 Å². The largest absolute Gasteiger partial charge is 0.497 e. The highest BCUT2D eigenvalue weighted by Gasteiger charge is 2.57. The Morgan fingerprint density at radius 1 is 0.977 bits per heavy atom. The number of aromatic amines is 1. The number of carbonyl (C=O) groups excluding carboxylic acids is 3. The number of fused-ring (bicyclic) bond motifs is 5. The normalized spacial score (nSPS) is 23.1. The van der Waals surface area contributed by atoms with Gasteiger partial charge in [-0.05, 0) is 80.5 Å². The topological polar surface area (TPSA) is 113 Å². The smallest absolute Gasteiger partial charge is 0.228 e. The zero-order valence-corrected chi connectivity index (χ0v) is 26.0. The van der Waals surface area contributed by atoms with Crippen LogP contribution in [0.25, 0.3) is 10.9 Å². The fourth-order valence-corrected chi connectivity index (χ4v) is 7.51. The molecule has 3 aliphatic heterocycles. The number of rotatable bonds is 8. The van der Waals surface area contributed by atoms with E-state index in [9.17, 15) is 14.4 Å². The molecule has 3 amide bonds. The number of nitrogens with zero attached hydrogens (tertiary/aromatic N) is 2. The summed E-state index contributed by atoms with van der Waals surface area (Å²) < 4.78 is 16.2. The van der Waals surface area contributed by atoms with Crippen LogP contribution in [0.15, 0.2) is 36.4 Å². The van der Waals surface area contributed by atoms with Gasteiger partial charge in [0, 0.05) is 55.1 Å². The van der Waals surface area contributed by atoms with Crippen LogP contribution in [0.1, 0.15) is 55.8 Å². The van der Waals surface area contributed by atoms with Crippen molar-refractivity contribution >= 4 is 28.6 Å². The summed E-state index contributed by atoms with van der Waals surface area (Å²) in [6.07, 6.45) is 4.09. The van der Waals surface area contributed by atoms with Gasteiger partial charge in [0.2, 0.25) is 17.7 Å². The molecule has 4 heterocycles. The highest BCUT2D eigenvalue weighted by molar-refractivity contribution is 5.93. The molecule has 3 atom stereocenters. The van der Waals surface area contributed by atoms with E-state index in [2.05, 4.69) is 10.3 Å². The molecule has 2 fully saturated rings. The second-order valence-corrected chi connectivity index (χ2v) is 12.3. The first kappa shape index (κ1) is 29.8. The Hall–Kier alpha value is -4.21. The van der Waals surface area contributed by atoms with Gasteiger partial charge in [0.25, 0.3) is 0 Å². The zero-order chi connectivity index (χ0) is 31.0. The van der Waals surface area contributed by atoms with E-state index in [0.29, 0.717) is 37.4 Å². The van der Waals surface area contributed by atoms with Crippen LogP contribution in [-0.2, 0) is 32.9 Å². The van der Waals surface area contributed by atoms with Gasteiger partial charge in [0.15, 0.2) is 11.5 Å². The molecule has 10 nitrogen and oxygen atoms in total. The summed E-state index contributed by atoms with van der Waals surface area (Å²) in [7, 11) is 4.80. The molecule has 10 heteroatoms. The van der Waals surface area contributed by atoms with Crippen molar-refractivity contribution in [2.24, 2.45) is 11.8 Å². The van der Waals surface area contributed by atoms with E-state index >= 15 is 0 Å². The molecule has 234 valence electrons. The van der Waals surface area contributed by atoms with Gasteiger partial charge >= 0.3 is 0 Å². The van der Waals surface area contributed by atoms with E-state index in [4.69, 9.17) is 14.2 Å². The number of likely N-dealkylation sites (tertiary alicyclic amines) is 1. The molecule has 2 aromatic carbocycles. The number of hydrogen-bond acceptors (Lipinski definition) is 6. The van der Waals surface area contributed by atoms with Crippen LogP contribution in [0.5, 0.6) is 17.2 Å². The first-order chi connectivity index (χ1) is 21.3. The molecular formula is C34H42N4O6. The summed E-state index contributed by atoms with van der Waals surface area (Å²) in [6, 6.07) is 11.4. The maximum absolute atomic E-state index is 14.3. The predicted octanol–water partition coefficient (Wildman–Crippen LogP) is 4.15. The molecule has 44 heavy (non-hydrogen) atoms. The van der Waals surface area contributed by atoms with E-state index < -0.39 is 17.4 Å². The predicted molar refractivity (Wildman–Crippen MR) is 166 cm³/mol. The van der Waals surface area contributed by atoms with Crippen molar-refractivity contribution < 1.29 is 28.6 Å². The molecule has 1 unspecified atom stereocenters. The molecule has 0 aliphatic carbocycles. The molecular weight excluding hydrogens is 560 g/mol. The number of ether oxygens (including phenoxy) is 3. The molecule has 0 spiro atoms. The molecule has 2 N–H and O–H groups in total. The Morgan fingerprint density at radius 3 is 2.48 bits per heavy atom. The number of H-pyrrole nitrogens is 1. The first-order valence-corrected chi connectivity index (χ1v) is 15.6.